The first-order chi connectivity index (χ1) is 11.9. The van der Waals surface area contributed by atoms with Crippen molar-refractivity contribution in [2.24, 2.45) is 5.10 Å². The second kappa shape index (κ2) is 8.25. The molecule has 0 spiro atoms. The molecule has 0 aliphatic heterocycles. The number of non-ortho nitro benzene ring substituents is 1. The lowest BCUT2D eigenvalue weighted by atomic mass is 10.2. The third-order valence-electron chi connectivity index (χ3n) is 3.09. The number of aromatic hydroxyl groups is 1. The Bertz CT molecular complexity index is 821. The molecule has 0 heterocycles. The van der Waals surface area contributed by atoms with Crippen molar-refractivity contribution in [3.63, 3.8) is 0 Å². The van der Waals surface area contributed by atoms with Gasteiger partial charge in [0.2, 0.25) is 0 Å². The number of phenols is 1. The predicted octanol–water partition coefficient (Wildman–Crippen LogP) is 3.23. The molecular formula is C16H14BrN3O5. The van der Waals surface area contributed by atoms with E-state index >= 15 is 0 Å². The van der Waals surface area contributed by atoms with Crippen LogP contribution in [-0.4, -0.2) is 28.8 Å². The molecule has 0 saturated heterocycles. The molecule has 8 nitrogen and oxygen atoms in total. The molecule has 2 aromatic rings. The van der Waals surface area contributed by atoms with Gasteiger partial charge in [0.1, 0.15) is 11.5 Å². The van der Waals surface area contributed by atoms with Gasteiger partial charge in [0.05, 0.1) is 22.2 Å². The molecule has 0 atom stereocenters. The highest BCUT2D eigenvalue weighted by atomic mass is 79.9. The van der Waals surface area contributed by atoms with Crippen LogP contribution in [0.2, 0.25) is 0 Å². The predicted molar refractivity (Wildman–Crippen MR) is 95.1 cm³/mol. The maximum Gasteiger partial charge on any atom is 0.271 e. The minimum absolute atomic E-state index is 0.0908. The molecule has 0 fully saturated rings. The summed E-state index contributed by atoms with van der Waals surface area (Å²) < 4.78 is 5.44. The fraction of sp³-hybridized carbons (Fsp3) is 0.125. The highest BCUT2D eigenvalue weighted by molar-refractivity contribution is 9.10. The largest absolute Gasteiger partial charge is 0.506 e. The summed E-state index contributed by atoms with van der Waals surface area (Å²) in [6.45, 7) is 2.38. The lowest BCUT2D eigenvalue weighted by Gasteiger charge is -2.04. The van der Waals surface area contributed by atoms with Crippen LogP contribution in [0.1, 0.15) is 22.8 Å². The molecule has 130 valence electrons. The van der Waals surface area contributed by atoms with Gasteiger partial charge in [-0.15, -0.1) is 0 Å². The Morgan fingerprint density at radius 1 is 1.40 bits per heavy atom. The number of nitrogens with zero attached hydrogens (tertiary/aromatic N) is 2. The van der Waals surface area contributed by atoms with Crippen molar-refractivity contribution in [2.75, 3.05) is 6.61 Å². The zero-order valence-corrected chi connectivity index (χ0v) is 14.7. The number of hydrogen-bond donors (Lipinski definition) is 2. The number of nitrogens with one attached hydrogen (secondary N) is 1. The highest BCUT2D eigenvalue weighted by Crippen LogP contribution is 2.31. The van der Waals surface area contributed by atoms with E-state index in [-0.39, 0.29) is 21.5 Å². The topological polar surface area (TPSA) is 114 Å². The molecule has 0 saturated carbocycles. The summed E-state index contributed by atoms with van der Waals surface area (Å²) in [5, 5.41) is 24.4. The fourth-order valence-corrected chi connectivity index (χ4v) is 2.37. The number of rotatable bonds is 6. The highest BCUT2D eigenvalue weighted by Gasteiger charge is 2.13. The maximum atomic E-state index is 12.0. The molecule has 9 heteroatoms. The minimum Gasteiger partial charge on any atom is -0.506 e. The quantitative estimate of drug-likeness (QED) is 0.433. The van der Waals surface area contributed by atoms with E-state index in [2.05, 4.69) is 26.5 Å². The molecule has 0 aliphatic carbocycles. The first kappa shape index (κ1) is 18.4. The fourth-order valence-electron chi connectivity index (χ4n) is 1.90. The van der Waals surface area contributed by atoms with Gasteiger partial charge in [-0.05, 0) is 47.1 Å². The Balaban J connectivity index is 2.10. The number of carbonyl (C=O) groups excluding carboxylic acids is 1. The van der Waals surface area contributed by atoms with Gasteiger partial charge in [0, 0.05) is 23.3 Å². The average Bonchev–Trinajstić information content (AvgIpc) is 2.59. The van der Waals surface area contributed by atoms with Gasteiger partial charge in [-0.25, -0.2) is 5.43 Å². The van der Waals surface area contributed by atoms with E-state index in [9.17, 15) is 20.0 Å². The molecule has 0 radical (unpaired) electrons. The molecule has 0 unspecified atom stereocenters. The first-order valence-corrected chi connectivity index (χ1v) is 7.94. The number of carbonyl (C=O) groups is 1. The number of phenolic OH excluding ortho intramolecular Hbond substituents is 1. The van der Waals surface area contributed by atoms with E-state index in [1.54, 1.807) is 24.3 Å². The van der Waals surface area contributed by atoms with Crippen LogP contribution in [0.3, 0.4) is 0 Å². The van der Waals surface area contributed by atoms with Gasteiger partial charge in [-0.1, -0.05) is 0 Å². The van der Waals surface area contributed by atoms with Crippen molar-refractivity contribution >= 4 is 33.7 Å². The molecular weight excluding hydrogens is 394 g/mol. The van der Waals surface area contributed by atoms with Crippen LogP contribution in [0, 0.1) is 10.1 Å². The molecule has 25 heavy (non-hydrogen) atoms. The number of hydrazone groups is 1. The molecule has 2 N–H and O–H groups in total. The molecule has 2 rings (SSSR count). The van der Waals surface area contributed by atoms with Gasteiger partial charge >= 0.3 is 0 Å². The lowest BCUT2D eigenvalue weighted by Crippen LogP contribution is -2.17. The number of nitro benzene ring substituents is 1. The molecule has 0 bridgehead atoms. The third-order valence-corrected chi connectivity index (χ3v) is 3.69. The van der Waals surface area contributed by atoms with Crippen LogP contribution in [0.15, 0.2) is 46.0 Å². The molecule has 0 aliphatic rings. The SMILES string of the molecule is CCOc1ccc(C(=O)N/N=C\c2cc([N+](=O)[O-])cc(Br)c2O)cc1. The van der Waals surface area contributed by atoms with Crippen molar-refractivity contribution < 1.29 is 19.6 Å². The second-order valence-electron chi connectivity index (χ2n) is 4.78. The second-order valence-corrected chi connectivity index (χ2v) is 5.63. The number of halogens is 1. The van der Waals surface area contributed by atoms with Crippen molar-refractivity contribution in [3.8, 4) is 11.5 Å². The monoisotopic (exact) mass is 407 g/mol. The van der Waals surface area contributed by atoms with Gasteiger partial charge in [0.15, 0.2) is 0 Å². The van der Waals surface area contributed by atoms with Crippen molar-refractivity contribution in [2.45, 2.75) is 6.92 Å². The van der Waals surface area contributed by atoms with Crippen LogP contribution in [0.4, 0.5) is 5.69 Å². The maximum absolute atomic E-state index is 12.0. The standard InChI is InChI=1S/C16H14BrN3O5/c1-2-25-13-5-3-10(4-6-13)16(22)19-18-9-11-7-12(20(23)24)8-14(17)15(11)21/h3-9,21H,2H2,1H3,(H,19,22)/b18-9-. The van der Waals surface area contributed by atoms with E-state index in [0.29, 0.717) is 17.9 Å². The summed E-state index contributed by atoms with van der Waals surface area (Å²) in [5.41, 5.74) is 2.53. The van der Waals surface area contributed by atoms with Gasteiger partial charge < -0.3 is 9.84 Å². The van der Waals surface area contributed by atoms with E-state index < -0.39 is 10.8 Å². The Morgan fingerprint density at radius 2 is 2.08 bits per heavy atom. The first-order valence-electron chi connectivity index (χ1n) is 7.15. The van der Waals surface area contributed by atoms with E-state index in [1.165, 1.54) is 6.07 Å². The van der Waals surface area contributed by atoms with Gasteiger partial charge in [-0.2, -0.15) is 5.10 Å². The summed E-state index contributed by atoms with van der Waals surface area (Å²) in [6.07, 6.45) is 1.12. The van der Waals surface area contributed by atoms with Crippen LogP contribution >= 0.6 is 15.9 Å². The lowest BCUT2D eigenvalue weighted by molar-refractivity contribution is -0.385. The van der Waals surface area contributed by atoms with Crippen LogP contribution < -0.4 is 10.2 Å². The number of benzene rings is 2. The summed E-state index contributed by atoms with van der Waals surface area (Å²) >= 11 is 3.03. The summed E-state index contributed by atoms with van der Waals surface area (Å²) in [5.74, 6) is -0.0399. The number of ether oxygens (including phenoxy) is 1. The normalized spacial score (nSPS) is 10.6. The van der Waals surface area contributed by atoms with E-state index in [0.717, 1.165) is 12.3 Å². The Labute approximate surface area is 151 Å². The number of hydrogen-bond acceptors (Lipinski definition) is 6. The van der Waals surface area contributed by atoms with E-state index in [1.807, 2.05) is 6.92 Å². The smallest absolute Gasteiger partial charge is 0.271 e. The van der Waals surface area contributed by atoms with Crippen LogP contribution in [0.5, 0.6) is 11.5 Å². The zero-order valence-electron chi connectivity index (χ0n) is 13.1. The molecule has 2 aromatic carbocycles. The minimum atomic E-state index is -0.597. The van der Waals surface area contributed by atoms with Gasteiger partial charge in [-0.3, -0.25) is 14.9 Å². The van der Waals surface area contributed by atoms with Crippen molar-refractivity contribution in [1.29, 1.82) is 0 Å². The van der Waals surface area contributed by atoms with Gasteiger partial charge in [0.25, 0.3) is 11.6 Å². The summed E-state index contributed by atoms with van der Waals surface area (Å²) in [4.78, 5) is 22.2. The summed E-state index contributed by atoms with van der Waals surface area (Å²) in [6, 6.07) is 8.80. The Morgan fingerprint density at radius 3 is 2.68 bits per heavy atom. The Kier molecular flexibility index (Phi) is 6.07. The Hall–Kier alpha value is -2.94. The number of nitro groups is 1. The average molecular weight is 408 g/mol. The number of amides is 1. The van der Waals surface area contributed by atoms with Crippen LogP contribution in [-0.2, 0) is 0 Å². The van der Waals surface area contributed by atoms with E-state index in [4.69, 9.17) is 4.74 Å². The molecule has 0 aromatic heterocycles. The van der Waals surface area contributed by atoms with Crippen molar-refractivity contribution in [1.82, 2.24) is 5.43 Å². The van der Waals surface area contributed by atoms with Crippen molar-refractivity contribution in [3.05, 3.63) is 62.1 Å². The molecule has 1 amide bonds. The summed E-state index contributed by atoms with van der Waals surface area (Å²) in [7, 11) is 0. The third kappa shape index (κ3) is 4.77. The zero-order chi connectivity index (χ0) is 18.4. The van der Waals surface area contributed by atoms with Crippen LogP contribution in [0.25, 0.3) is 0 Å².